The first-order chi connectivity index (χ1) is 16.2. The Hall–Kier alpha value is -4.22. The molecule has 5 rings (SSSR count). The van der Waals surface area contributed by atoms with Crippen LogP contribution in [-0.2, 0) is 0 Å². The van der Waals surface area contributed by atoms with E-state index < -0.39 is 0 Å². The lowest BCUT2D eigenvalue weighted by Crippen LogP contribution is -2.17. The third-order valence-corrected chi connectivity index (χ3v) is 5.53. The molecular formula is C28H20N2O2S. The van der Waals surface area contributed by atoms with E-state index in [4.69, 9.17) is 17.0 Å². The SMILES string of the molecule is O=C(Nc1ccc2ccccc2c1)c1cccc(OC(=S)Nc2cccc3ccccc23)c1. The van der Waals surface area contributed by atoms with Gasteiger partial charge in [-0.05, 0) is 64.8 Å². The van der Waals surface area contributed by atoms with E-state index in [0.29, 0.717) is 11.3 Å². The number of fused-ring (bicyclic) bond motifs is 2. The number of anilines is 2. The molecule has 4 nitrogen and oxygen atoms in total. The maximum absolute atomic E-state index is 12.8. The highest BCUT2D eigenvalue weighted by Gasteiger charge is 2.10. The molecule has 0 aromatic heterocycles. The molecule has 33 heavy (non-hydrogen) atoms. The molecule has 5 aromatic carbocycles. The van der Waals surface area contributed by atoms with Crippen LogP contribution in [0.25, 0.3) is 21.5 Å². The van der Waals surface area contributed by atoms with E-state index in [-0.39, 0.29) is 11.1 Å². The second kappa shape index (κ2) is 9.10. The maximum atomic E-state index is 12.8. The summed E-state index contributed by atoms with van der Waals surface area (Å²) in [6.07, 6.45) is 0. The molecule has 0 aliphatic rings. The molecule has 2 N–H and O–H groups in total. The van der Waals surface area contributed by atoms with Gasteiger partial charge < -0.3 is 15.4 Å². The van der Waals surface area contributed by atoms with Crippen molar-refractivity contribution in [3.63, 3.8) is 0 Å². The van der Waals surface area contributed by atoms with Crippen molar-refractivity contribution in [3.05, 3.63) is 115 Å². The van der Waals surface area contributed by atoms with Gasteiger partial charge in [-0.25, -0.2) is 0 Å². The Bertz CT molecular complexity index is 1490. The number of hydrogen-bond acceptors (Lipinski definition) is 3. The van der Waals surface area contributed by atoms with Crippen molar-refractivity contribution >= 4 is 56.2 Å². The van der Waals surface area contributed by atoms with Crippen molar-refractivity contribution in [3.8, 4) is 5.75 Å². The number of rotatable bonds is 4. The van der Waals surface area contributed by atoms with Gasteiger partial charge in [0, 0.05) is 22.3 Å². The molecule has 1 amide bonds. The number of hydrogen-bond donors (Lipinski definition) is 2. The van der Waals surface area contributed by atoms with E-state index in [0.717, 1.165) is 32.9 Å². The van der Waals surface area contributed by atoms with Crippen LogP contribution < -0.4 is 15.4 Å². The molecule has 0 spiro atoms. The Labute approximate surface area is 196 Å². The highest BCUT2D eigenvalue weighted by molar-refractivity contribution is 7.80. The summed E-state index contributed by atoms with van der Waals surface area (Å²) in [7, 11) is 0. The van der Waals surface area contributed by atoms with Crippen molar-refractivity contribution in [1.29, 1.82) is 0 Å². The summed E-state index contributed by atoms with van der Waals surface area (Å²) in [5, 5.41) is 10.7. The highest BCUT2D eigenvalue weighted by atomic mass is 32.1. The van der Waals surface area contributed by atoms with Gasteiger partial charge in [0.1, 0.15) is 5.75 Å². The minimum absolute atomic E-state index is 0.207. The van der Waals surface area contributed by atoms with Gasteiger partial charge in [-0.15, -0.1) is 0 Å². The topological polar surface area (TPSA) is 50.4 Å². The first-order valence-corrected chi connectivity index (χ1v) is 10.9. The van der Waals surface area contributed by atoms with Crippen molar-refractivity contribution < 1.29 is 9.53 Å². The van der Waals surface area contributed by atoms with Crippen LogP contribution in [-0.4, -0.2) is 11.1 Å². The zero-order valence-electron chi connectivity index (χ0n) is 17.6. The first kappa shape index (κ1) is 20.7. The minimum atomic E-state index is -0.219. The molecule has 0 aliphatic carbocycles. The Balaban J connectivity index is 1.29. The van der Waals surface area contributed by atoms with Crippen LogP contribution in [0.5, 0.6) is 5.75 Å². The predicted octanol–water partition coefficient (Wildman–Crippen LogP) is 7.02. The molecular weight excluding hydrogens is 428 g/mol. The summed E-state index contributed by atoms with van der Waals surface area (Å²) in [4.78, 5) is 12.8. The van der Waals surface area contributed by atoms with Crippen LogP contribution in [0.1, 0.15) is 10.4 Å². The number of carbonyl (C=O) groups excluding carboxylic acids is 1. The lowest BCUT2D eigenvalue weighted by molar-refractivity contribution is 0.102. The Morgan fingerprint density at radius 1 is 0.667 bits per heavy atom. The molecule has 0 unspecified atom stereocenters. The molecule has 0 radical (unpaired) electrons. The van der Waals surface area contributed by atoms with Gasteiger partial charge >= 0.3 is 0 Å². The number of benzene rings is 5. The van der Waals surface area contributed by atoms with E-state index in [1.165, 1.54) is 0 Å². The fourth-order valence-electron chi connectivity index (χ4n) is 3.75. The van der Waals surface area contributed by atoms with Crippen LogP contribution in [0, 0.1) is 0 Å². The van der Waals surface area contributed by atoms with Crippen LogP contribution >= 0.6 is 12.2 Å². The quantitative estimate of drug-likeness (QED) is 0.290. The van der Waals surface area contributed by atoms with Gasteiger partial charge in [0.2, 0.25) is 0 Å². The summed E-state index contributed by atoms with van der Waals surface area (Å²) in [6.45, 7) is 0. The molecule has 160 valence electrons. The van der Waals surface area contributed by atoms with Crippen LogP contribution in [0.15, 0.2) is 109 Å². The standard InChI is InChI=1S/C28H20N2O2S/c31-27(29-23-16-15-19-7-1-2-9-21(19)17-23)22-11-5-12-24(18-22)32-28(33)30-26-14-6-10-20-8-3-4-13-25(20)26/h1-18H,(H,29,31)(H,30,33). The molecule has 0 saturated carbocycles. The third-order valence-electron chi connectivity index (χ3n) is 5.34. The number of amides is 1. The van der Waals surface area contributed by atoms with E-state index in [2.05, 4.69) is 10.6 Å². The summed E-state index contributed by atoms with van der Waals surface area (Å²) in [5.74, 6) is 0.266. The molecule has 0 aliphatic heterocycles. The minimum Gasteiger partial charge on any atom is -0.432 e. The van der Waals surface area contributed by atoms with E-state index in [1.807, 2.05) is 84.9 Å². The smallest absolute Gasteiger partial charge is 0.266 e. The van der Waals surface area contributed by atoms with E-state index >= 15 is 0 Å². The Kier molecular flexibility index (Phi) is 5.70. The molecule has 5 aromatic rings. The van der Waals surface area contributed by atoms with Gasteiger partial charge in [-0.3, -0.25) is 4.79 Å². The normalized spacial score (nSPS) is 10.7. The zero-order valence-corrected chi connectivity index (χ0v) is 18.4. The number of thiocarbonyl (C=S) groups is 1. The third kappa shape index (κ3) is 4.68. The fourth-order valence-corrected chi connectivity index (χ4v) is 3.95. The summed E-state index contributed by atoms with van der Waals surface area (Å²) in [6, 6.07) is 34.8. The number of nitrogens with one attached hydrogen (secondary N) is 2. The Morgan fingerprint density at radius 2 is 1.39 bits per heavy atom. The maximum Gasteiger partial charge on any atom is 0.266 e. The van der Waals surface area contributed by atoms with Crippen LogP contribution in [0.4, 0.5) is 11.4 Å². The number of ether oxygens (including phenoxy) is 1. The summed E-state index contributed by atoms with van der Waals surface area (Å²) in [5.41, 5.74) is 2.08. The first-order valence-electron chi connectivity index (χ1n) is 10.5. The lowest BCUT2D eigenvalue weighted by Gasteiger charge is -2.12. The Morgan fingerprint density at radius 3 is 2.27 bits per heavy atom. The number of carbonyl (C=O) groups is 1. The molecule has 0 bridgehead atoms. The van der Waals surface area contributed by atoms with Gasteiger partial charge in [0.05, 0.1) is 0 Å². The van der Waals surface area contributed by atoms with E-state index in [9.17, 15) is 4.79 Å². The molecule has 5 heteroatoms. The average molecular weight is 449 g/mol. The van der Waals surface area contributed by atoms with Gasteiger partial charge in [0.15, 0.2) is 0 Å². The molecule has 0 heterocycles. The van der Waals surface area contributed by atoms with Gasteiger partial charge in [0.25, 0.3) is 11.1 Å². The molecule has 0 fully saturated rings. The second-order valence-electron chi connectivity index (χ2n) is 7.59. The largest absolute Gasteiger partial charge is 0.432 e. The summed E-state index contributed by atoms with van der Waals surface area (Å²) < 4.78 is 5.81. The monoisotopic (exact) mass is 448 g/mol. The van der Waals surface area contributed by atoms with Crippen molar-refractivity contribution in [2.45, 2.75) is 0 Å². The van der Waals surface area contributed by atoms with Crippen molar-refractivity contribution in [1.82, 2.24) is 0 Å². The van der Waals surface area contributed by atoms with Crippen LogP contribution in [0.3, 0.4) is 0 Å². The van der Waals surface area contributed by atoms with Gasteiger partial charge in [-0.1, -0.05) is 72.8 Å². The highest BCUT2D eigenvalue weighted by Crippen LogP contribution is 2.24. The lowest BCUT2D eigenvalue weighted by atomic mass is 10.1. The average Bonchev–Trinajstić information content (AvgIpc) is 2.84. The fraction of sp³-hybridized carbons (Fsp3) is 0. The molecule has 0 saturated heterocycles. The zero-order chi connectivity index (χ0) is 22.6. The van der Waals surface area contributed by atoms with Crippen LogP contribution in [0.2, 0.25) is 0 Å². The van der Waals surface area contributed by atoms with E-state index in [1.54, 1.807) is 24.3 Å². The predicted molar refractivity (Wildman–Crippen MR) is 139 cm³/mol. The van der Waals surface area contributed by atoms with Gasteiger partial charge in [-0.2, -0.15) is 0 Å². The van der Waals surface area contributed by atoms with Crippen molar-refractivity contribution in [2.24, 2.45) is 0 Å². The molecule has 0 atom stereocenters. The summed E-state index contributed by atoms with van der Waals surface area (Å²) >= 11 is 5.41. The van der Waals surface area contributed by atoms with Crippen molar-refractivity contribution in [2.75, 3.05) is 10.6 Å². The second-order valence-corrected chi connectivity index (χ2v) is 7.96.